The molecule has 0 bridgehead atoms. The average molecular weight is 667 g/mol. The molecule has 47 heavy (non-hydrogen) atoms. The van der Waals surface area contributed by atoms with Gasteiger partial charge in [-0.05, 0) is 91.3 Å². The van der Waals surface area contributed by atoms with Crippen molar-refractivity contribution in [2.45, 2.75) is 71.3 Å². The minimum atomic E-state index is -4.74. The van der Waals surface area contributed by atoms with E-state index in [1.165, 1.54) is 52.1 Å². The quantitative estimate of drug-likeness (QED) is 0.178. The topological polar surface area (TPSA) is 84.3 Å². The molecule has 1 saturated heterocycles. The van der Waals surface area contributed by atoms with Gasteiger partial charge in [0, 0.05) is 23.8 Å². The number of aromatic nitrogens is 3. The van der Waals surface area contributed by atoms with E-state index in [1.54, 1.807) is 11.8 Å². The molecule has 12 heteroatoms. The van der Waals surface area contributed by atoms with Crippen LogP contribution in [0.2, 0.25) is 0 Å². The highest BCUT2D eigenvalue weighted by Crippen LogP contribution is 2.37. The van der Waals surface area contributed by atoms with Crippen LogP contribution in [0.5, 0.6) is 5.75 Å². The number of thioether (sulfide) groups is 1. The Kier molecular flexibility index (Phi) is 10.7. The molecule has 3 atom stereocenters. The van der Waals surface area contributed by atoms with Crippen molar-refractivity contribution in [2.24, 2.45) is 5.92 Å². The second-order valence-corrected chi connectivity index (χ2v) is 13.6. The molecular weight excluding hydrogens is 625 g/mol. The first-order chi connectivity index (χ1) is 22.4. The van der Waals surface area contributed by atoms with Crippen LogP contribution >= 0.6 is 11.8 Å². The molecule has 0 spiro atoms. The second kappa shape index (κ2) is 14.7. The third-order valence-corrected chi connectivity index (χ3v) is 9.25. The van der Waals surface area contributed by atoms with Gasteiger partial charge in [-0.1, -0.05) is 57.2 Å². The SMILES string of the molecule is Cc1ccc(C(C)C)c(N2C(C)CCSC2NC(=O)NCC(C)Cc2ccc(-c3ncn(-c4ccc(OC(F)(F)F)cc4)n3)cc2)c1. The summed E-state index contributed by atoms with van der Waals surface area (Å²) in [6.07, 6.45) is -1.40. The monoisotopic (exact) mass is 666 g/mol. The fourth-order valence-corrected chi connectivity index (χ4v) is 7.03. The van der Waals surface area contributed by atoms with Crippen LogP contribution in [0, 0.1) is 12.8 Å². The van der Waals surface area contributed by atoms with Crippen molar-refractivity contribution < 1.29 is 22.7 Å². The zero-order valence-corrected chi connectivity index (χ0v) is 28.0. The Balaban J connectivity index is 1.14. The van der Waals surface area contributed by atoms with Crippen molar-refractivity contribution in [2.75, 3.05) is 17.2 Å². The number of halogens is 3. The molecule has 1 aromatic heterocycles. The normalized spacial score (nSPS) is 17.4. The Morgan fingerprint density at radius 1 is 1.06 bits per heavy atom. The molecule has 8 nitrogen and oxygen atoms in total. The smallest absolute Gasteiger partial charge is 0.406 e. The number of carbonyl (C=O) groups is 1. The highest BCUT2D eigenvalue weighted by atomic mass is 32.2. The van der Waals surface area contributed by atoms with E-state index in [4.69, 9.17) is 0 Å². The van der Waals surface area contributed by atoms with Crippen molar-refractivity contribution in [3.8, 4) is 22.8 Å². The third kappa shape index (κ3) is 9.00. The van der Waals surface area contributed by atoms with Gasteiger partial charge in [0.05, 0.1) is 5.69 Å². The maximum atomic E-state index is 13.1. The van der Waals surface area contributed by atoms with Crippen molar-refractivity contribution in [3.05, 3.63) is 89.7 Å². The van der Waals surface area contributed by atoms with Gasteiger partial charge < -0.3 is 20.3 Å². The Labute approximate surface area is 278 Å². The van der Waals surface area contributed by atoms with Crippen molar-refractivity contribution in [1.82, 2.24) is 25.4 Å². The van der Waals surface area contributed by atoms with Gasteiger partial charge in [0.15, 0.2) is 11.3 Å². The number of nitrogens with one attached hydrogen (secondary N) is 2. The van der Waals surface area contributed by atoms with Gasteiger partial charge in [-0.2, -0.15) is 0 Å². The van der Waals surface area contributed by atoms with Gasteiger partial charge >= 0.3 is 12.4 Å². The van der Waals surface area contributed by atoms with E-state index in [9.17, 15) is 18.0 Å². The summed E-state index contributed by atoms with van der Waals surface area (Å²) < 4.78 is 42.8. The summed E-state index contributed by atoms with van der Waals surface area (Å²) in [5.41, 5.74) is 6.02. The standard InChI is InChI=1S/C35H41F3N6O2S/c1-22(2)30-15-6-23(3)19-31(30)44-25(5)16-17-47-34(44)41-33(45)39-20-24(4)18-26-7-9-27(10-8-26)32-40-21-43(42-32)28-11-13-29(14-12-28)46-35(36,37)38/h6-15,19,21-22,24-25,34H,16-18,20H2,1-5H3,(H2,39,41,45). The first-order valence-corrected chi connectivity index (χ1v) is 16.8. The number of urea groups is 1. The number of aryl methyl sites for hydroxylation is 1. The van der Waals surface area contributed by atoms with Crippen LogP contribution in [-0.4, -0.2) is 51.0 Å². The Hall–Kier alpha value is -4.19. The molecule has 5 rings (SSSR count). The minimum Gasteiger partial charge on any atom is -0.406 e. The predicted molar refractivity (Wildman–Crippen MR) is 181 cm³/mol. The zero-order valence-electron chi connectivity index (χ0n) is 27.2. The molecule has 3 unspecified atom stereocenters. The van der Waals surface area contributed by atoms with Crippen molar-refractivity contribution >= 4 is 23.5 Å². The van der Waals surface area contributed by atoms with Crippen LogP contribution < -0.4 is 20.3 Å². The number of hydrogen-bond donors (Lipinski definition) is 2. The maximum absolute atomic E-state index is 13.1. The maximum Gasteiger partial charge on any atom is 0.573 e. The van der Waals surface area contributed by atoms with Gasteiger partial charge in [-0.3, -0.25) is 0 Å². The Morgan fingerprint density at radius 2 is 1.79 bits per heavy atom. The number of benzene rings is 3. The average Bonchev–Trinajstić information content (AvgIpc) is 3.50. The largest absolute Gasteiger partial charge is 0.573 e. The number of carbonyl (C=O) groups excluding carboxylic acids is 1. The molecule has 0 radical (unpaired) electrons. The lowest BCUT2D eigenvalue weighted by atomic mass is 9.97. The molecule has 2 N–H and O–H groups in total. The Bertz CT molecular complexity index is 1640. The first kappa shape index (κ1) is 34.2. The summed E-state index contributed by atoms with van der Waals surface area (Å²) in [5.74, 6) is 1.76. The number of amides is 2. The summed E-state index contributed by atoms with van der Waals surface area (Å²) in [6.45, 7) is 11.4. The van der Waals surface area contributed by atoms with E-state index in [0.29, 0.717) is 30.0 Å². The van der Waals surface area contributed by atoms with E-state index in [-0.39, 0.29) is 23.2 Å². The molecule has 1 aliphatic rings. The number of hydrogen-bond acceptors (Lipinski definition) is 6. The number of alkyl halides is 3. The number of nitrogens with zero attached hydrogens (tertiary/aromatic N) is 4. The summed E-state index contributed by atoms with van der Waals surface area (Å²) in [4.78, 5) is 19.8. The highest BCUT2D eigenvalue weighted by Gasteiger charge is 2.32. The summed E-state index contributed by atoms with van der Waals surface area (Å²) in [7, 11) is 0. The van der Waals surface area contributed by atoms with E-state index >= 15 is 0 Å². The lowest BCUT2D eigenvalue weighted by molar-refractivity contribution is -0.274. The Morgan fingerprint density at radius 3 is 2.47 bits per heavy atom. The third-order valence-electron chi connectivity index (χ3n) is 8.11. The molecular formula is C35H41F3N6O2S. The van der Waals surface area contributed by atoms with Crippen molar-refractivity contribution in [3.63, 3.8) is 0 Å². The van der Waals surface area contributed by atoms with E-state index in [0.717, 1.165) is 29.7 Å². The van der Waals surface area contributed by atoms with Gasteiger partial charge in [-0.15, -0.1) is 30.0 Å². The molecule has 0 aliphatic carbocycles. The number of rotatable bonds is 10. The molecule has 2 amide bonds. The zero-order chi connectivity index (χ0) is 33.7. The predicted octanol–water partition coefficient (Wildman–Crippen LogP) is 8.06. The van der Waals surface area contributed by atoms with Crippen LogP contribution in [0.4, 0.5) is 23.7 Å². The van der Waals surface area contributed by atoms with E-state index in [1.807, 2.05) is 24.3 Å². The second-order valence-electron chi connectivity index (χ2n) is 12.4. The molecule has 4 aromatic rings. The van der Waals surface area contributed by atoms with Gasteiger partial charge in [-0.25, -0.2) is 14.5 Å². The molecule has 3 aromatic carbocycles. The van der Waals surface area contributed by atoms with Gasteiger partial charge in [0.25, 0.3) is 0 Å². The fraction of sp³-hybridized carbons (Fsp3) is 0.400. The van der Waals surface area contributed by atoms with Crippen LogP contribution in [0.3, 0.4) is 0 Å². The number of ether oxygens (including phenoxy) is 1. The lowest BCUT2D eigenvalue weighted by Gasteiger charge is -2.43. The molecule has 2 heterocycles. The van der Waals surface area contributed by atoms with Gasteiger partial charge in [0.2, 0.25) is 0 Å². The van der Waals surface area contributed by atoms with Crippen LogP contribution in [-0.2, 0) is 6.42 Å². The van der Waals surface area contributed by atoms with Crippen molar-refractivity contribution in [1.29, 1.82) is 0 Å². The summed E-state index contributed by atoms with van der Waals surface area (Å²) in [5, 5.41) is 10.8. The van der Waals surface area contributed by atoms with Crippen LogP contribution in [0.1, 0.15) is 56.7 Å². The highest BCUT2D eigenvalue weighted by molar-refractivity contribution is 8.00. The van der Waals surface area contributed by atoms with E-state index < -0.39 is 6.36 Å². The lowest BCUT2D eigenvalue weighted by Crippen LogP contribution is -2.55. The fourth-order valence-electron chi connectivity index (χ4n) is 5.66. The van der Waals surface area contributed by atoms with Gasteiger partial charge in [0.1, 0.15) is 12.1 Å². The molecule has 250 valence electrons. The molecule has 0 saturated carbocycles. The van der Waals surface area contributed by atoms with Crippen LogP contribution in [0.15, 0.2) is 73.1 Å². The first-order valence-electron chi connectivity index (χ1n) is 15.8. The summed E-state index contributed by atoms with van der Waals surface area (Å²) in [6, 6.07) is 20.1. The molecule has 1 aliphatic heterocycles. The van der Waals surface area contributed by atoms with E-state index in [2.05, 4.69) is 83.2 Å². The molecule has 1 fully saturated rings. The number of anilines is 1. The van der Waals surface area contributed by atoms with Crippen LogP contribution in [0.25, 0.3) is 17.1 Å². The summed E-state index contributed by atoms with van der Waals surface area (Å²) >= 11 is 1.76. The minimum absolute atomic E-state index is 0.152.